The standard InChI is InChI=1S/C11H19N3/c1-3-9(4-2)13-11-12-7-8-14(11)10-5-6-10/h7-10H,3-6H2,1-2H3,(H,12,13). The second-order valence-corrected chi connectivity index (χ2v) is 4.05. The molecule has 78 valence electrons. The number of nitrogens with zero attached hydrogens (tertiary/aromatic N) is 2. The van der Waals surface area contributed by atoms with E-state index in [0.29, 0.717) is 6.04 Å². The minimum atomic E-state index is 0.565. The maximum Gasteiger partial charge on any atom is 0.203 e. The molecule has 1 heterocycles. The van der Waals surface area contributed by atoms with Crippen LogP contribution in [0.15, 0.2) is 12.4 Å². The van der Waals surface area contributed by atoms with Gasteiger partial charge in [-0.05, 0) is 25.7 Å². The smallest absolute Gasteiger partial charge is 0.203 e. The fraction of sp³-hybridized carbons (Fsp3) is 0.727. The predicted molar refractivity (Wildman–Crippen MR) is 58.5 cm³/mol. The molecule has 3 heteroatoms. The molecule has 1 aromatic heterocycles. The lowest BCUT2D eigenvalue weighted by Gasteiger charge is -2.16. The minimum absolute atomic E-state index is 0.565. The molecule has 0 atom stereocenters. The van der Waals surface area contributed by atoms with Crippen LogP contribution in [0.3, 0.4) is 0 Å². The number of imidazole rings is 1. The number of aromatic nitrogens is 2. The van der Waals surface area contributed by atoms with Crippen molar-refractivity contribution in [3.05, 3.63) is 12.4 Å². The summed E-state index contributed by atoms with van der Waals surface area (Å²) in [5, 5.41) is 3.50. The molecule has 1 aliphatic rings. The van der Waals surface area contributed by atoms with Crippen LogP contribution in [0.25, 0.3) is 0 Å². The van der Waals surface area contributed by atoms with Crippen molar-refractivity contribution in [1.82, 2.24) is 9.55 Å². The molecule has 14 heavy (non-hydrogen) atoms. The van der Waals surface area contributed by atoms with Gasteiger partial charge in [-0.25, -0.2) is 4.98 Å². The van der Waals surface area contributed by atoms with Crippen LogP contribution in [-0.4, -0.2) is 15.6 Å². The van der Waals surface area contributed by atoms with E-state index in [2.05, 4.69) is 34.9 Å². The molecule has 1 aromatic rings. The second-order valence-electron chi connectivity index (χ2n) is 4.05. The largest absolute Gasteiger partial charge is 0.353 e. The molecule has 0 spiro atoms. The van der Waals surface area contributed by atoms with Crippen LogP contribution in [0.2, 0.25) is 0 Å². The maximum atomic E-state index is 4.36. The SMILES string of the molecule is CCC(CC)Nc1nccn1C1CC1. The molecule has 0 saturated heterocycles. The van der Waals surface area contributed by atoms with E-state index in [0.717, 1.165) is 24.8 Å². The first-order valence-electron chi connectivity index (χ1n) is 5.64. The van der Waals surface area contributed by atoms with Crippen molar-refractivity contribution in [2.45, 2.75) is 51.6 Å². The average Bonchev–Trinajstić information content (AvgIpc) is 2.95. The fourth-order valence-electron chi connectivity index (χ4n) is 1.75. The number of anilines is 1. The summed E-state index contributed by atoms with van der Waals surface area (Å²) in [5.41, 5.74) is 0. The Kier molecular flexibility index (Phi) is 2.75. The Morgan fingerprint density at radius 1 is 1.50 bits per heavy atom. The lowest BCUT2D eigenvalue weighted by molar-refractivity contribution is 0.646. The molecule has 3 nitrogen and oxygen atoms in total. The van der Waals surface area contributed by atoms with Crippen LogP contribution in [0, 0.1) is 0 Å². The summed E-state index contributed by atoms with van der Waals surface area (Å²) < 4.78 is 2.28. The van der Waals surface area contributed by atoms with Crippen molar-refractivity contribution in [1.29, 1.82) is 0 Å². The highest BCUT2D eigenvalue weighted by molar-refractivity contribution is 5.29. The van der Waals surface area contributed by atoms with Gasteiger partial charge in [0, 0.05) is 24.5 Å². The van der Waals surface area contributed by atoms with Crippen molar-refractivity contribution < 1.29 is 0 Å². The molecule has 0 aromatic carbocycles. The zero-order valence-corrected chi connectivity index (χ0v) is 9.03. The van der Waals surface area contributed by atoms with E-state index in [1.54, 1.807) is 0 Å². The summed E-state index contributed by atoms with van der Waals surface area (Å²) in [5.74, 6) is 1.06. The number of rotatable bonds is 5. The van der Waals surface area contributed by atoms with E-state index < -0.39 is 0 Å². The van der Waals surface area contributed by atoms with Gasteiger partial charge in [-0.2, -0.15) is 0 Å². The Morgan fingerprint density at radius 2 is 2.21 bits per heavy atom. The fourth-order valence-corrected chi connectivity index (χ4v) is 1.75. The first-order valence-corrected chi connectivity index (χ1v) is 5.64. The van der Waals surface area contributed by atoms with E-state index in [9.17, 15) is 0 Å². The van der Waals surface area contributed by atoms with Gasteiger partial charge in [0.05, 0.1) is 0 Å². The summed E-state index contributed by atoms with van der Waals surface area (Å²) in [6.45, 7) is 4.43. The third-order valence-electron chi connectivity index (χ3n) is 2.93. The molecule has 0 unspecified atom stereocenters. The van der Waals surface area contributed by atoms with Crippen molar-refractivity contribution in [3.63, 3.8) is 0 Å². The summed E-state index contributed by atoms with van der Waals surface area (Å²) in [7, 11) is 0. The minimum Gasteiger partial charge on any atom is -0.353 e. The first kappa shape index (κ1) is 9.56. The van der Waals surface area contributed by atoms with Crippen molar-refractivity contribution >= 4 is 5.95 Å². The van der Waals surface area contributed by atoms with Gasteiger partial charge >= 0.3 is 0 Å². The summed E-state index contributed by atoms with van der Waals surface area (Å²) in [6, 6.07) is 1.28. The van der Waals surface area contributed by atoms with E-state index in [1.165, 1.54) is 12.8 Å². The third kappa shape index (κ3) is 1.91. The van der Waals surface area contributed by atoms with Gasteiger partial charge in [-0.1, -0.05) is 13.8 Å². The molecule has 1 N–H and O–H groups in total. The highest BCUT2D eigenvalue weighted by Gasteiger charge is 2.25. The molecular weight excluding hydrogens is 174 g/mol. The van der Waals surface area contributed by atoms with Crippen LogP contribution in [0.1, 0.15) is 45.6 Å². The molecule has 0 radical (unpaired) electrons. The van der Waals surface area contributed by atoms with Crippen molar-refractivity contribution in [2.75, 3.05) is 5.32 Å². The van der Waals surface area contributed by atoms with Crippen LogP contribution in [0.4, 0.5) is 5.95 Å². The van der Waals surface area contributed by atoms with Crippen LogP contribution < -0.4 is 5.32 Å². The van der Waals surface area contributed by atoms with Crippen molar-refractivity contribution in [3.8, 4) is 0 Å². The Bertz CT molecular complexity index is 284. The number of hydrogen-bond donors (Lipinski definition) is 1. The van der Waals surface area contributed by atoms with E-state index in [4.69, 9.17) is 0 Å². The molecule has 1 saturated carbocycles. The number of nitrogens with one attached hydrogen (secondary N) is 1. The third-order valence-corrected chi connectivity index (χ3v) is 2.93. The first-order chi connectivity index (χ1) is 6.85. The quantitative estimate of drug-likeness (QED) is 0.779. The monoisotopic (exact) mass is 193 g/mol. The Hall–Kier alpha value is -0.990. The van der Waals surface area contributed by atoms with E-state index in [1.807, 2.05) is 6.20 Å². The van der Waals surface area contributed by atoms with E-state index >= 15 is 0 Å². The van der Waals surface area contributed by atoms with Crippen molar-refractivity contribution in [2.24, 2.45) is 0 Å². The van der Waals surface area contributed by atoms with Gasteiger partial charge < -0.3 is 9.88 Å². The second kappa shape index (κ2) is 4.03. The summed E-state index contributed by atoms with van der Waals surface area (Å²) >= 11 is 0. The molecule has 1 fully saturated rings. The molecular formula is C11H19N3. The highest BCUT2D eigenvalue weighted by Crippen LogP contribution is 2.36. The normalized spacial score (nSPS) is 16.2. The highest BCUT2D eigenvalue weighted by atomic mass is 15.2. The van der Waals surface area contributed by atoms with E-state index in [-0.39, 0.29) is 0 Å². The van der Waals surface area contributed by atoms with Gasteiger partial charge in [0.1, 0.15) is 0 Å². The zero-order valence-electron chi connectivity index (χ0n) is 9.03. The molecule has 0 amide bonds. The van der Waals surface area contributed by atoms with Gasteiger partial charge in [0.25, 0.3) is 0 Å². The number of hydrogen-bond acceptors (Lipinski definition) is 2. The van der Waals surface area contributed by atoms with Gasteiger partial charge in [0.15, 0.2) is 0 Å². The molecule has 0 aliphatic heterocycles. The lowest BCUT2D eigenvalue weighted by atomic mass is 10.2. The van der Waals surface area contributed by atoms with Crippen LogP contribution >= 0.6 is 0 Å². The molecule has 2 rings (SSSR count). The molecule has 1 aliphatic carbocycles. The average molecular weight is 193 g/mol. The van der Waals surface area contributed by atoms with Gasteiger partial charge in [-0.15, -0.1) is 0 Å². The summed E-state index contributed by atoms with van der Waals surface area (Å²) in [4.78, 5) is 4.36. The van der Waals surface area contributed by atoms with Gasteiger partial charge in [0.2, 0.25) is 5.95 Å². The Balaban J connectivity index is 2.03. The lowest BCUT2D eigenvalue weighted by Crippen LogP contribution is -2.19. The zero-order chi connectivity index (χ0) is 9.97. The maximum absolute atomic E-state index is 4.36. The molecule has 0 bridgehead atoms. The Labute approximate surface area is 85.5 Å². The van der Waals surface area contributed by atoms with Crippen LogP contribution in [0.5, 0.6) is 0 Å². The topological polar surface area (TPSA) is 29.9 Å². The van der Waals surface area contributed by atoms with Crippen LogP contribution in [-0.2, 0) is 0 Å². The Morgan fingerprint density at radius 3 is 2.79 bits per heavy atom. The summed E-state index contributed by atoms with van der Waals surface area (Å²) in [6.07, 6.45) is 8.93. The predicted octanol–water partition coefficient (Wildman–Crippen LogP) is 2.82. The van der Waals surface area contributed by atoms with Gasteiger partial charge in [-0.3, -0.25) is 0 Å².